The van der Waals surface area contributed by atoms with Gasteiger partial charge < -0.3 is 15.3 Å². The van der Waals surface area contributed by atoms with Crippen LogP contribution in [0.2, 0.25) is 0 Å². The number of anilines is 1. The monoisotopic (exact) mass is 280 g/mol. The third-order valence-electron chi connectivity index (χ3n) is 3.84. The first-order valence-corrected chi connectivity index (χ1v) is 6.93. The van der Waals surface area contributed by atoms with Gasteiger partial charge in [0.1, 0.15) is 5.82 Å². The maximum atomic E-state index is 13.7. The Morgan fingerprint density at radius 1 is 1.50 bits per heavy atom. The fraction of sp³-hybridized carbons (Fsp3) is 0.533. The molecule has 0 heterocycles. The van der Waals surface area contributed by atoms with E-state index in [-0.39, 0.29) is 23.7 Å². The average Bonchev–Trinajstić information content (AvgIpc) is 2.78. The lowest BCUT2D eigenvalue weighted by atomic mass is 10.1. The summed E-state index contributed by atoms with van der Waals surface area (Å²) >= 11 is 0. The SMILES string of the molecule is Cc1ccc(NC(=O)N(C)CC2CCCC2O)c(F)c1. The number of amides is 2. The lowest BCUT2D eigenvalue weighted by Crippen LogP contribution is -2.37. The van der Waals surface area contributed by atoms with Crippen molar-refractivity contribution in [3.63, 3.8) is 0 Å². The van der Waals surface area contributed by atoms with Gasteiger partial charge in [-0.1, -0.05) is 12.5 Å². The second-order valence-corrected chi connectivity index (χ2v) is 5.55. The normalized spacial score (nSPS) is 21.8. The number of nitrogens with one attached hydrogen (secondary N) is 1. The summed E-state index contributed by atoms with van der Waals surface area (Å²) in [6.45, 7) is 2.28. The highest BCUT2D eigenvalue weighted by molar-refractivity contribution is 5.89. The van der Waals surface area contributed by atoms with Gasteiger partial charge in [0.2, 0.25) is 0 Å². The van der Waals surface area contributed by atoms with Crippen LogP contribution < -0.4 is 5.32 Å². The lowest BCUT2D eigenvalue weighted by molar-refractivity contribution is 0.116. The first kappa shape index (κ1) is 14.8. The Hall–Kier alpha value is -1.62. The first-order chi connectivity index (χ1) is 9.47. The molecule has 1 saturated carbocycles. The van der Waals surface area contributed by atoms with Crippen LogP contribution in [-0.4, -0.2) is 35.7 Å². The summed E-state index contributed by atoms with van der Waals surface area (Å²) in [6.07, 6.45) is 2.39. The summed E-state index contributed by atoms with van der Waals surface area (Å²) in [6, 6.07) is 4.34. The van der Waals surface area contributed by atoms with Crippen molar-refractivity contribution >= 4 is 11.7 Å². The Kier molecular flexibility index (Phi) is 4.60. The number of aryl methyl sites for hydroxylation is 1. The number of aliphatic hydroxyl groups is 1. The molecule has 20 heavy (non-hydrogen) atoms. The summed E-state index contributed by atoms with van der Waals surface area (Å²) in [5.41, 5.74) is 0.988. The Balaban J connectivity index is 1.93. The van der Waals surface area contributed by atoms with Crippen LogP contribution in [0, 0.1) is 18.7 Å². The molecule has 1 aliphatic carbocycles. The minimum absolute atomic E-state index is 0.119. The summed E-state index contributed by atoms with van der Waals surface area (Å²) < 4.78 is 13.7. The molecule has 0 spiro atoms. The van der Waals surface area contributed by atoms with Gasteiger partial charge in [-0.05, 0) is 37.5 Å². The fourth-order valence-electron chi connectivity index (χ4n) is 2.60. The number of urea groups is 1. The van der Waals surface area contributed by atoms with Crippen LogP contribution in [0.25, 0.3) is 0 Å². The lowest BCUT2D eigenvalue weighted by Gasteiger charge is -2.23. The minimum atomic E-state index is -0.437. The van der Waals surface area contributed by atoms with E-state index in [1.165, 1.54) is 11.0 Å². The molecule has 4 nitrogen and oxygen atoms in total. The Morgan fingerprint density at radius 3 is 2.85 bits per heavy atom. The third-order valence-corrected chi connectivity index (χ3v) is 3.84. The number of rotatable bonds is 3. The number of benzene rings is 1. The van der Waals surface area contributed by atoms with Crippen LogP contribution >= 0.6 is 0 Å². The van der Waals surface area contributed by atoms with Crippen molar-refractivity contribution in [2.75, 3.05) is 18.9 Å². The van der Waals surface area contributed by atoms with Gasteiger partial charge in [0.25, 0.3) is 0 Å². The first-order valence-electron chi connectivity index (χ1n) is 6.93. The van der Waals surface area contributed by atoms with Crippen molar-refractivity contribution in [3.8, 4) is 0 Å². The number of nitrogens with zero attached hydrogens (tertiary/aromatic N) is 1. The van der Waals surface area contributed by atoms with Crippen LogP contribution in [0.4, 0.5) is 14.9 Å². The zero-order valence-corrected chi connectivity index (χ0v) is 11.9. The summed E-state index contributed by atoms with van der Waals surface area (Å²) in [5.74, 6) is -0.318. The van der Waals surface area contributed by atoms with Gasteiger partial charge in [0, 0.05) is 19.5 Å². The van der Waals surface area contributed by atoms with E-state index in [9.17, 15) is 14.3 Å². The van der Waals surface area contributed by atoms with E-state index in [1.807, 2.05) is 0 Å². The second kappa shape index (κ2) is 6.22. The van der Waals surface area contributed by atoms with E-state index < -0.39 is 5.82 Å². The number of carbonyl (C=O) groups excluding carboxylic acids is 1. The van der Waals surface area contributed by atoms with Gasteiger partial charge >= 0.3 is 6.03 Å². The molecule has 0 bridgehead atoms. The summed E-state index contributed by atoms with van der Waals surface area (Å²) in [7, 11) is 1.66. The molecule has 1 aromatic rings. The Bertz CT molecular complexity index is 493. The molecule has 2 amide bonds. The van der Waals surface area contributed by atoms with E-state index in [2.05, 4.69) is 5.32 Å². The maximum absolute atomic E-state index is 13.7. The van der Waals surface area contributed by atoms with Gasteiger partial charge in [0.05, 0.1) is 11.8 Å². The van der Waals surface area contributed by atoms with E-state index in [1.54, 1.807) is 26.1 Å². The molecular formula is C15H21FN2O2. The van der Waals surface area contributed by atoms with Crippen LogP contribution in [0.1, 0.15) is 24.8 Å². The fourth-order valence-corrected chi connectivity index (χ4v) is 2.60. The highest BCUT2D eigenvalue weighted by Crippen LogP contribution is 2.26. The van der Waals surface area contributed by atoms with Gasteiger partial charge in [-0.3, -0.25) is 0 Å². The van der Waals surface area contributed by atoms with E-state index >= 15 is 0 Å². The quantitative estimate of drug-likeness (QED) is 0.894. The van der Waals surface area contributed by atoms with Crippen molar-refractivity contribution in [1.29, 1.82) is 0 Å². The molecule has 2 N–H and O–H groups in total. The third kappa shape index (κ3) is 3.48. The largest absolute Gasteiger partial charge is 0.393 e. The van der Waals surface area contributed by atoms with E-state index in [0.717, 1.165) is 24.8 Å². The van der Waals surface area contributed by atoms with Gasteiger partial charge in [0.15, 0.2) is 0 Å². The maximum Gasteiger partial charge on any atom is 0.321 e. The smallest absolute Gasteiger partial charge is 0.321 e. The van der Waals surface area contributed by atoms with Crippen LogP contribution in [-0.2, 0) is 0 Å². The molecule has 5 heteroatoms. The molecule has 0 aromatic heterocycles. The molecule has 0 saturated heterocycles. The molecule has 2 atom stereocenters. The summed E-state index contributed by atoms with van der Waals surface area (Å²) in [4.78, 5) is 13.5. The minimum Gasteiger partial charge on any atom is -0.393 e. The molecule has 1 aromatic carbocycles. The molecule has 2 unspecified atom stereocenters. The molecule has 1 aliphatic rings. The molecule has 0 radical (unpaired) electrons. The van der Waals surface area contributed by atoms with Crippen molar-refractivity contribution in [2.45, 2.75) is 32.3 Å². The number of hydrogen-bond acceptors (Lipinski definition) is 2. The zero-order valence-electron chi connectivity index (χ0n) is 11.9. The van der Waals surface area contributed by atoms with Gasteiger partial charge in [-0.15, -0.1) is 0 Å². The van der Waals surface area contributed by atoms with Gasteiger partial charge in [-0.25, -0.2) is 9.18 Å². The van der Waals surface area contributed by atoms with E-state index in [4.69, 9.17) is 0 Å². The topological polar surface area (TPSA) is 52.6 Å². The molecule has 1 fully saturated rings. The van der Waals surface area contributed by atoms with Crippen molar-refractivity contribution in [3.05, 3.63) is 29.6 Å². The molecule has 110 valence electrons. The van der Waals surface area contributed by atoms with Crippen molar-refractivity contribution < 1.29 is 14.3 Å². The number of halogens is 1. The van der Waals surface area contributed by atoms with Crippen LogP contribution in [0.15, 0.2) is 18.2 Å². The molecule has 2 rings (SSSR count). The van der Waals surface area contributed by atoms with E-state index in [0.29, 0.717) is 6.54 Å². The predicted octanol–water partition coefficient (Wildman–Crippen LogP) is 2.76. The predicted molar refractivity (Wildman–Crippen MR) is 76.1 cm³/mol. The number of hydrogen-bond donors (Lipinski definition) is 2. The van der Waals surface area contributed by atoms with Gasteiger partial charge in [-0.2, -0.15) is 0 Å². The zero-order chi connectivity index (χ0) is 14.7. The molecular weight excluding hydrogens is 259 g/mol. The number of aliphatic hydroxyl groups excluding tert-OH is 1. The second-order valence-electron chi connectivity index (χ2n) is 5.55. The van der Waals surface area contributed by atoms with Crippen LogP contribution in [0.5, 0.6) is 0 Å². The average molecular weight is 280 g/mol. The Labute approximate surface area is 118 Å². The Morgan fingerprint density at radius 2 is 2.25 bits per heavy atom. The highest BCUT2D eigenvalue weighted by Gasteiger charge is 2.27. The van der Waals surface area contributed by atoms with Crippen molar-refractivity contribution in [1.82, 2.24) is 4.90 Å². The highest BCUT2D eigenvalue weighted by atomic mass is 19.1. The number of carbonyl (C=O) groups is 1. The standard InChI is InChI=1S/C15H21FN2O2/c1-10-6-7-13(12(16)8-10)17-15(20)18(2)9-11-4-3-5-14(11)19/h6-8,11,14,19H,3-5,9H2,1-2H3,(H,17,20). The molecule has 0 aliphatic heterocycles. The summed E-state index contributed by atoms with van der Waals surface area (Å²) in [5, 5.41) is 12.3. The van der Waals surface area contributed by atoms with Crippen molar-refractivity contribution in [2.24, 2.45) is 5.92 Å². The van der Waals surface area contributed by atoms with Crippen LogP contribution in [0.3, 0.4) is 0 Å².